The standard InChI is InChI=1S/C19H18ClN5O9S2.Na.H/c1-33-18(29)15-14(17(28)25(15)36(30,31)32)23-16(27)13(24-34-8-10-5-3-2-4-6-10)11-9-35-19(21-11)22-12(26)7-20;;/h2-6,9,14-15H,7-8H2,1H3,(H,23,27)(H,21,22,26)(H,30,31,32);;/b24-13-;;. The summed E-state index contributed by atoms with van der Waals surface area (Å²) in [6, 6.07) is 5.27. The van der Waals surface area contributed by atoms with Crippen LogP contribution in [0.3, 0.4) is 0 Å². The van der Waals surface area contributed by atoms with Gasteiger partial charge >= 0.3 is 45.8 Å². The van der Waals surface area contributed by atoms with Crippen LogP contribution in [0.4, 0.5) is 5.13 Å². The molecule has 0 spiro atoms. The van der Waals surface area contributed by atoms with E-state index in [0.29, 0.717) is 0 Å². The third kappa shape index (κ3) is 7.47. The van der Waals surface area contributed by atoms with E-state index in [0.717, 1.165) is 24.0 Å². The Morgan fingerprint density at radius 2 is 1.95 bits per heavy atom. The molecule has 1 aliphatic heterocycles. The molecule has 0 saturated carbocycles. The average molecular weight is 584 g/mol. The molecule has 194 valence electrons. The van der Waals surface area contributed by atoms with Gasteiger partial charge < -0.3 is 20.2 Å². The van der Waals surface area contributed by atoms with E-state index in [-0.39, 0.29) is 57.2 Å². The number of halogens is 1. The zero-order valence-electron chi connectivity index (χ0n) is 18.3. The van der Waals surface area contributed by atoms with Gasteiger partial charge in [-0.1, -0.05) is 35.5 Å². The molecule has 1 fully saturated rings. The normalized spacial score (nSPS) is 17.2. The number of benzene rings is 1. The van der Waals surface area contributed by atoms with Gasteiger partial charge in [0, 0.05) is 5.38 Å². The second-order valence-electron chi connectivity index (χ2n) is 6.95. The molecule has 1 aromatic carbocycles. The van der Waals surface area contributed by atoms with Gasteiger partial charge in [-0.2, -0.15) is 12.7 Å². The van der Waals surface area contributed by atoms with Gasteiger partial charge in [0.1, 0.15) is 24.2 Å². The predicted molar refractivity (Wildman–Crippen MR) is 133 cm³/mol. The molecular formula is C19H19ClN5NaO9S2. The number of amides is 3. The number of hydrogen-bond donors (Lipinski definition) is 3. The van der Waals surface area contributed by atoms with E-state index in [1.54, 1.807) is 30.3 Å². The number of β-lactam (4-membered cyclic amide) rings is 1. The number of carbonyl (C=O) groups excluding carboxylic acids is 4. The first kappa shape index (κ1) is 30.6. The molecule has 2 atom stereocenters. The van der Waals surface area contributed by atoms with Crippen molar-refractivity contribution >= 4 is 97.3 Å². The Balaban J connectivity index is 0.00000481. The number of ether oxygens (including phenoxy) is 1. The van der Waals surface area contributed by atoms with E-state index in [9.17, 15) is 32.1 Å². The van der Waals surface area contributed by atoms with Crippen molar-refractivity contribution in [3.05, 3.63) is 47.0 Å². The Morgan fingerprint density at radius 3 is 2.54 bits per heavy atom. The van der Waals surface area contributed by atoms with Gasteiger partial charge in [-0.25, -0.2) is 9.78 Å². The number of nitrogens with one attached hydrogen (secondary N) is 2. The van der Waals surface area contributed by atoms with Crippen LogP contribution in [0.15, 0.2) is 40.9 Å². The van der Waals surface area contributed by atoms with Crippen LogP contribution in [0, 0.1) is 0 Å². The summed E-state index contributed by atoms with van der Waals surface area (Å²) in [6.45, 7) is -0.0404. The molecular weight excluding hydrogens is 565 g/mol. The number of nitrogens with zero attached hydrogens (tertiary/aromatic N) is 3. The van der Waals surface area contributed by atoms with Crippen molar-refractivity contribution in [2.75, 3.05) is 18.3 Å². The first-order valence-electron chi connectivity index (χ1n) is 9.81. The van der Waals surface area contributed by atoms with Crippen LogP contribution in [0.1, 0.15) is 11.3 Å². The van der Waals surface area contributed by atoms with Crippen molar-refractivity contribution in [3.8, 4) is 0 Å². The first-order chi connectivity index (χ1) is 17.1. The van der Waals surface area contributed by atoms with Crippen LogP contribution in [0.5, 0.6) is 0 Å². The van der Waals surface area contributed by atoms with Gasteiger partial charge in [0.25, 0.3) is 11.8 Å². The molecule has 3 amide bonds. The van der Waals surface area contributed by atoms with Gasteiger partial charge in [0.05, 0.1) is 7.11 Å². The Hall–Kier alpha value is -2.60. The SMILES string of the molecule is COC(=O)C1C(NC(=O)/C(=N\OCc2ccccc2)c2csc(NC(=O)CCl)n2)C(=O)N1S(=O)(=O)O.[NaH]. The predicted octanol–water partition coefficient (Wildman–Crippen LogP) is -0.736. The number of alkyl halides is 1. The van der Waals surface area contributed by atoms with E-state index in [1.807, 2.05) is 0 Å². The molecule has 1 aromatic heterocycles. The summed E-state index contributed by atoms with van der Waals surface area (Å²) in [4.78, 5) is 58.2. The van der Waals surface area contributed by atoms with Crippen molar-refractivity contribution in [3.63, 3.8) is 0 Å². The summed E-state index contributed by atoms with van der Waals surface area (Å²) in [5, 5.41) is 9.83. The van der Waals surface area contributed by atoms with Gasteiger partial charge in [-0.3, -0.25) is 18.9 Å². The van der Waals surface area contributed by atoms with Crippen LogP contribution < -0.4 is 10.6 Å². The summed E-state index contributed by atoms with van der Waals surface area (Å²) in [7, 11) is -4.17. The van der Waals surface area contributed by atoms with E-state index in [2.05, 4.69) is 25.5 Å². The van der Waals surface area contributed by atoms with Crippen LogP contribution in [0.25, 0.3) is 0 Å². The number of thiazole rings is 1. The number of esters is 1. The van der Waals surface area contributed by atoms with Crippen molar-refractivity contribution in [2.24, 2.45) is 5.16 Å². The van der Waals surface area contributed by atoms with Crippen LogP contribution in [-0.2, 0) is 45.7 Å². The number of anilines is 1. The van der Waals surface area contributed by atoms with Crippen molar-refractivity contribution in [2.45, 2.75) is 18.7 Å². The monoisotopic (exact) mass is 583 g/mol. The Kier molecular flexibility index (Phi) is 11.0. The second kappa shape index (κ2) is 13.3. The molecule has 2 unspecified atom stereocenters. The molecule has 2 heterocycles. The van der Waals surface area contributed by atoms with E-state index >= 15 is 0 Å². The number of hydrogen-bond acceptors (Lipinski definition) is 11. The van der Waals surface area contributed by atoms with Gasteiger partial charge in [0.2, 0.25) is 5.91 Å². The number of aromatic nitrogens is 1. The van der Waals surface area contributed by atoms with Crippen molar-refractivity contribution in [1.82, 2.24) is 14.6 Å². The van der Waals surface area contributed by atoms with Crippen molar-refractivity contribution < 1.29 is 41.7 Å². The molecule has 1 aliphatic rings. The molecule has 1 saturated heterocycles. The fraction of sp³-hybridized carbons (Fsp3) is 0.263. The minimum atomic E-state index is -5.10. The maximum atomic E-state index is 13.0. The molecule has 3 N–H and O–H groups in total. The molecule has 0 radical (unpaired) electrons. The fourth-order valence-electron chi connectivity index (χ4n) is 2.97. The summed E-state index contributed by atoms with van der Waals surface area (Å²) < 4.78 is 36.6. The summed E-state index contributed by atoms with van der Waals surface area (Å²) >= 11 is 6.40. The second-order valence-corrected chi connectivity index (χ2v) is 9.36. The molecule has 18 heteroatoms. The maximum absolute atomic E-state index is 13.0. The van der Waals surface area contributed by atoms with E-state index in [4.69, 9.17) is 16.4 Å². The first-order valence-corrected chi connectivity index (χ1v) is 12.6. The number of carbonyl (C=O) groups is 4. The number of rotatable bonds is 10. The van der Waals surface area contributed by atoms with Crippen LogP contribution in [0.2, 0.25) is 0 Å². The van der Waals surface area contributed by atoms with Gasteiger partial charge in [-0.15, -0.1) is 22.9 Å². The number of methoxy groups -OCH3 is 1. The molecule has 14 nitrogen and oxygen atoms in total. The summed E-state index contributed by atoms with van der Waals surface area (Å²) in [5.41, 5.74) is 0.205. The molecule has 3 rings (SSSR count). The zero-order chi connectivity index (χ0) is 26.5. The molecule has 2 aromatic rings. The Labute approximate surface area is 241 Å². The van der Waals surface area contributed by atoms with E-state index in [1.165, 1.54) is 5.38 Å². The third-order valence-corrected chi connectivity index (χ3v) is 6.49. The Bertz CT molecular complexity index is 1310. The molecule has 0 bridgehead atoms. The topological polar surface area (TPSA) is 194 Å². The van der Waals surface area contributed by atoms with E-state index < -0.39 is 51.8 Å². The van der Waals surface area contributed by atoms with Crippen molar-refractivity contribution in [1.29, 1.82) is 0 Å². The Morgan fingerprint density at radius 1 is 1.27 bits per heavy atom. The van der Waals surface area contributed by atoms with Crippen LogP contribution in [-0.4, -0.2) is 106 Å². The zero-order valence-corrected chi connectivity index (χ0v) is 20.7. The summed E-state index contributed by atoms with van der Waals surface area (Å²) in [6.07, 6.45) is 0. The molecule has 37 heavy (non-hydrogen) atoms. The quantitative estimate of drug-likeness (QED) is 0.0610. The summed E-state index contributed by atoms with van der Waals surface area (Å²) in [5.74, 6) is -4.42. The van der Waals surface area contributed by atoms with Gasteiger partial charge in [-0.05, 0) is 5.56 Å². The third-order valence-electron chi connectivity index (χ3n) is 4.59. The average Bonchev–Trinajstić information content (AvgIpc) is 3.30. The number of oxime groups is 1. The molecule has 0 aliphatic carbocycles. The van der Waals surface area contributed by atoms with Crippen LogP contribution >= 0.6 is 22.9 Å². The van der Waals surface area contributed by atoms with Gasteiger partial charge in [0.15, 0.2) is 16.9 Å². The fourth-order valence-corrected chi connectivity index (χ4v) is 4.58. The minimum absolute atomic E-state index is 0.